The van der Waals surface area contributed by atoms with Crippen molar-refractivity contribution >= 4 is 39.3 Å². The van der Waals surface area contributed by atoms with Crippen LogP contribution in [0.3, 0.4) is 0 Å². The molecule has 0 saturated heterocycles. The highest BCUT2D eigenvalue weighted by Crippen LogP contribution is 2.36. The van der Waals surface area contributed by atoms with Crippen molar-refractivity contribution in [1.29, 1.82) is 10.5 Å². The molecule has 0 aliphatic heterocycles. The predicted octanol–water partition coefficient (Wildman–Crippen LogP) is 5.99. The number of nitrogens with two attached hydrogens (primary N) is 1. The second-order valence-electron chi connectivity index (χ2n) is 7.10. The number of anilines is 1. The van der Waals surface area contributed by atoms with E-state index in [2.05, 4.69) is 40.0 Å². The Morgan fingerprint density at radius 2 is 1.76 bits per heavy atom. The minimum atomic E-state index is -0.101. The summed E-state index contributed by atoms with van der Waals surface area (Å²) in [5.41, 5.74) is 8.04. The third-order valence-corrected chi connectivity index (χ3v) is 6.34. The van der Waals surface area contributed by atoms with Crippen LogP contribution in [0.1, 0.15) is 41.3 Å². The molecule has 0 aliphatic carbocycles. The van der Waals surface area contributed by atoms with Gasteiger partial charge in [0.2, 0.25) is 0 Å². The predicted molar refractivity (Wildman–Crippen MR) is 133 cm³/mol. The van der Waals surface area contributed by atoms with Gasteiger partial charge in [-0.15, -0.1) is 0 Å². The summed E-state index contributed by atoms with van der Waals surface area (Å²) < 4.78 is 6.58. The number of aromatic nitrogens is 1. The van der Waals surface area contributed by atoms with E-state index in [1.165, 1.54) is 0 Å². The molecule has 3 aromatic rings. The van der Waals surface area contributed by atoms with Crippen molar-refractivity contribution in [2.24, 2.45) is 0 Å². The van der Waals surface area contributed by atoms with Gasteiger partial charge in [0.15, 0.2) is 5.78 Å². The number of nitriles is 2. The van der Waals surface area contributed by atoms with E-state index in [4.69, 9.17) is 10.5 Å². The number of hydrogen-bond acceptors (Lipinski definition) is 7. The SMILES string of the molecule is CCCCOc1ccc(-c2c(C#N)c(N)nc(SCC(=O)c3ccc(Br)cc3)c2C#N)cc1. The number of halogens is 1. The van der Waals surface area contributed by atoms with Crippen molar-refractivity contribution in [1.82, 2.24) is 4.98 Å². The second-order valence-corrected chi connectivity index (χ2v) is 8.98. The molecule has 3 rings (SSSR count). The number of hydrogen-bond donors (Lipinski definition) is 1. The van der Waals surface area contributed by atoms with Gasteiger partial charge in [-0.2, -0.15) is 10.5 Å². The number of thioether (sulfide) groups is 1. The third kappa shape index (κ3) is 5.92. The van der Waals surface area contributed by atoms with Crippen LogP contribution in [0.4, 0.5) is 5.82 Å². The number of carbonyl (C=O) groups is 1. The maximum absolute atomic E-state index is 12.6. The molecule has 6 nitrogen and oxygen atoms in total. The zero-order valence-electron chi connectivity index (χ0n) is 18.0. The third-order valence-electron chi connectivity index (χ3n) is 4.83. The molecule has 0 aliphatic rings. The summed E-state index contributed by atoms with van der Waals surface area (Å²) in [7, 11) is 0. The van der Waals surface area contributed by atoms with Crippen LogP contribution in [-0.4, -0.2) is 23.1 Å². The fourth-order valence-corrected chi connectivity index (χ4v) is 4.25. The number of Topliss-reactive ketones (excluding diaryl/α,β-unsaturated/α-hetero) is 1. The Kier molecular flexibility index (Phi) is 8.48. The van der Waals surface area contributed by atoms with Crippen molar-refractivity contribution in [3.8, 4) is 29.0 Å². The van der Waals surface area contributed by atoms with E-state index in [1.54, 1.807) is 48.5 Å². The summed E-state index contributed by atoms with van der Waals surface area (Å²) in [4.78, 5) is 16.9. The highest BCUT2D eigenvalue weighted by atomic mass is 79.9. The lowest BCUT2D eigenvalue weighted by Gasteiger charge is -2.13. The van der Waals surface area contributed by atoms with Gasteiger partial charge in [-0.1, -0.05) is 65.3 Å². The topological polar surface area (TPSA) is 113 Å². The van der Waals surface area contributed by atoms with E-state index in [0.717, 1.165) is 29.1 Å². The molecule has 0 amide bonds. The van der Waals surface area contributed by atoms with Crippen molar-refractivity contribution in [2.45, 2.75) is 24.8 Å². The van der Waals surface area contributed by atoms with Gasteiger partial charge in [-0.3, -0.25) is 4.79 Å². The Bertz CT molecular complexity index is 1230. The normalized spacial score (nSPS) is 10.3. The standard InChI is InChI=1S/C25H21BrN4O2S/c1-2-3-12-32-19-10-6-17(7-11-19)23-20(13-27)24(29)30-25(21(23)14-28)33-15-22(31)16-4-8-18(26)9-5-16/h4-11H,2-3,12,15H2,1H3,(H2,29,30). The van der Waals surface area contributed by atoms with Gasteiger partial charge in [0.25, 0.3) is 0 Å². The first-order chi connectivity index (χ1) is 16.0. The van der Waals surface area contributed by atoms with Gasteiger partial charge in [0.1, 0.15) is 34.3 Å². The number of ether oxygens (including phenoxy) is 1. The molecule has 0 unspecified atom stereocenters. The summed E-state index contributed by atoms with van der Waals surface area (Å²) in [5.74, 6) is 0.712. The number of unbranched alkanes of at least 4 members (excludes halogenated alkanes) is 1. The molecule has 8 heteroatoms. The summed E-state index contributed by atoms with van der Waals surface area (Å²) in [6, 6.07) is 18.5. The minimum Gasteiger partial charge on any atom is -0.494 e. The van der Waals surface area contributed by atoms with Crippen LogP contribution in [-0.2, 0) is 0 Å². The molecule has 1 aromatic heterocycles. The largest absolute Gasteiger partial charge is 0.494 e. The van der Waals surface area contributed by atoms with Crippen molar-refractivity contribution < 1.29 is 9.53 Å². The average Bonchev–Trinajstić information content (AvgIpc) is 2.83. The Hall–Kier alpha value is -3.33. The molecule has 0 saturated carbocycles. The number of ketones is 1. The van der Waals surface area contributed by atoms with Crippen LogP contribution in [0.25, 0.3) is 11.1 Å². The maximum Gasteiger partial charge on any atom is 0.173 e. The van der Waals surface area contributed by atoms with Crippen LogP contribution >= 0.6 is 27.7 Å². The molecule has 0 radical (unpaired) electrons. The minimum absolute atomic E-state index is 0.0216. The number of pyridine rings is 1. The van der Waals surface area contributed by atoms with Crippen molar-refractivity contribution in [2.75, 3.05) is 18.1 Å². The van der Waals surface area contributed by atoms with E-state index in [-0.39, 0.29) is 28.5 Å². The van der Waals surface area contributed by atoms with E-state index >= 15 is 0 Å². The van der Waals surface area contributed by atoms with Crippen LogP contribution in [0.15, 0.2) is 58.0 Å². The monoisotopic (exact) mass is 520 g/mol. The molecule has 166 valence electrons. The zero-order valence-corrected chi connectivity index (χ0v) is 20.4. The zero-order chi connectivity index (χ0) is 23.8. The molecule has 0 bridgehead atoms. The Labute approximate surface area is 205 Å². The van der Waals surface area contributed by atoms with Crippen molar-refractivity contribution in [3.63, 3.8) is 0 Å². The quantitative estimate of drug-likeness (QED) is 0.209. The average molecular weight is 521 g/mol. The summed E-state index contributed by atoms with van der Waals surface area (Å²) >= 11 is 4.48. The summed E-state index contributed by atoms with van der Waals surface area (Å²) in [6.45, 7) is 2.72. The number of carbonyl (C=O) groups excluding carboxylic acids is 1. The van der Waals surface area contributed by atoms with Gasteiger partial charge in [-0.05, 0) is 36.2 Å². The molecule has 0 fully saturated rings. The number of nitrogens with zero attached hydrogens (tertiary/aromatic N) is 3. The van der Waals surface area contributed by atoms with Crippen LogP contribution in [0.5, 0.6) is 5.75 Å². The first-order valence-corrected chi connectivity index (χ1v) is 12.0. The molecule has 0 spiro atoms. The maximum atomic E-state index is 12.6. The first kappa shape index (κ1) is 24.3. The molecule has 2 N–H and O–H groups in total. The van der Waals surface area contributed by atoms with E-state index < -0.39 is 0 Å². The number of rotatable bonds is 9. The second kappa shape index (κ2) is 11.5. The fraction of sp³-hybridized carbons (Fsp3) is 0.200. The van der Waals surface area contributed by atoms with Gasteiger partial charge in [0.05, 0.1) is 17.9 Å². The Balaban J connectivity index is 1.92. The fourth-order valence-electron chi connectivity index (χ4n) is 3.10. The van der Waals surface area contributed by atoms with Gasteiger partial charge < -0.3 is 10.5 Å². The van der Waals surface area contributed by atoms with Crippen LogP contribution in [0.2, 0.25) is 0 Å². The van der Waals surface area contributed by atoms with Gasteiger partial charge in [-0.25, -0.2) is 4.98 Å². The molecule has 1 heterocycles. The Morgan fingerprint density at radius 3 is 2.36 bits per heavy atom. The molecular weight excluding hydrogens is 500 g/mol. The van der Waals surface area contributed by atoms with Gasteiger partial charge >= 0.3 is 0 Å². The highest BCUT2D eigenvalue weighted by molar-refractivity contribution is 9.10. The van der Waals surface area contributed by atoms with E-state index in [0.29, 0.717) is 34.1 Å². The highest BCUT2D eigenvalue weighted by Gasteiger charge is 2.21. The molecular formula is C25H21BrN4O2S. The van der Waals surface area contributed by atoms with E-state index in [1.807, 2.05) is 0 Å². The smallest absolute Gasteiger partial charge is 0.173 e. The van der Waals surface area contributed by atoms with E-state index in [9.17, 15) is 15.3 Å². The lowest BCUT2D eigenvalue weighted by atomic mass is 9.97. The summed E-state index contributed by atoms with van der Waals surface area (Å²) in [5, 5.41) is 19.9. The molecule has 2 aromatic carbocycles. The first-order valence-electron chi connectivity index (χ1n) is 10.3. The van der Waals surface area contributed by atoms with Crippen LogP contribution < -0.4 is 10.5 Å². The molecule has 33 heavy (non-hydrogen) atoms. The number of nitrogen functional groups attached to an aromatic ring is 1. The lowest BCUT2D eigenvalue weighted by molar-refractivity contribution is 0.102. The Morgan fingerprint density at radius 1 is 1.09 bits per heavy atom. The van der Waals surface area contributed by atoms with Crippen LogP contribution in [0, 0.1) is 22.7 Å². The molecule has 0 atom stereocenters. The number of benzene rings is 2. The van der Waals surface area contributed by atoms with Gasteiger partial charge in [0, 0.05) is 15.6 Å². The van der Waals surface area contributed by atoms with Crippen molar-refractivity contribution in [3.05, 3.63) is 69.7 Å². The summed E-state index contributed by atoms with van der Waals surface area (Å²) in [6.07, 6.45) is 2.00. The lowest BCUT2D eigenvalue weighted by Crippen LogP contribution is -2.06.